The van der Waals surface area contributed by atoms with Crippen LogP contribution in [0.2, 0.25) is 5.02 Å². The van der Waals surface area contributed by atoms with Crippen molar-refractivity contribution in [3.8, 4) is 0 Å². The summed E-state index contributed by atoms with van der Waals surface area (Å²) in [5.41, 5.74) is 3.52. The van der Waals surface area contributed by atoms with Crippen LogP contribution in [0.1, 0.15) is 28.6 Å². The zero-order valence-corrected chi connectivity index (χ0v) is 12.7. The zero-order chi connectivity index (χ0) is 14.7. The third-order valence-corrected chi connectivity index (χ3v) is 3.79. The zero-order valence-electron chi connectivity index (χ0n) is 11.9. The Morgan fingerprint density at radius 2 is 2.20 bits per heavy atom. The summed E-state index contributed by atoms with van der Waals surface area (Å²) in [6, 6.07) is 7.75. The number of rotatable bonds is 5. The van der Waals surface area contributed by atoms with Gasteiger partial charge in [-0.15, -0.1) is 0 Å². The topological polar surface area (TPSA) is 47.3 Å². The van der Waals surface area contributed by atoms with Gasteiger partial charge in [-0.25, -0.2) is 0 Å². The highest BCUT2D eigenvalue weighted by Gasteiger charge is 2.16. The van der Waals surface area contributed by atoms with Crippen molar-refractivity contribution in [3.05, 3.63) is 51.8 Å². The molecule has 0 spiro atoms. The minimum absolute atomic E-state index is 0.437. The van der Waals surface area contributed by atoms with Crippen LogP contribution in [0.25, 0.3) is 0 Å². The molecule has 1 aromatic heterocycles. The Hall–Kier alpha value is -1.36. The highest BCUT2D eigenvalue weighted by Crippen LogP contribution is 2.26. The summed E-state index contributed by atoms with van der Waals surface area (Å²) in [5, 5.41) is 15.3. The minimum Gasteiger partial charge on any atom is -0.388 e. The molecule has 0 aliphatic rings. The van der Waals surface area contributed by atoms with Crippen molar-refractivity contribution in [2.75, 3.05) is 7.11 Å². The maximum atomic E-state index is 10.4. The van der Waals surface area contributed by atoms with Crippen molar-refractivity contribution in [2.45, 2.75) is 26.1 Å². The molecule has 0 aliphatic heterocycles. The van der Waals surface area contributed by atoms with Gasteiger partial charge >= 0.3 is 0 Å². The highest BCUT2D eigenvalue weighted by molar-refractivity contribution is 6.31. The second-order valence-electron chi connectivity index (χ2n) is 4.87. The average molecular weight is 295 g/mol. The lowest BCUT2D eigenvalue weighted by atomic mass is 10.0. The molecule has 4 nitrogen and oxygen atoms in total. The molecule has 0 aliphatic carbocycles. The number of hydrogen-bond donors (Lipinski definition) is 1. The average Bonchev–Trinajstić information content (AvgIpc) is 2.66. The fraction of sp³-hybridized carbons (Fsp3) is 0.400. The van der Waals surface area contributed by atoms with Crippen molar-refractivity contribution < 1.29 is 9.84 Å². The van der Waals surface area contributed by atoms with Gasteiger partial charge in [0.15, 0.2) is 0 Å². The molecule has 1 unspecified atom stereocenters. The molecule has 108 valence electrons. The number of halogens is 1. The highest BCUT2D eigenvalue weighted by atomic mass is 35.5. The van der Waals surface area contributed by atoms with Gasteiger partial charge in [0.05, 0.1) is 29.1 Å². The van der Waals surface area contributed by atoms with Gasteiger partial charge < -0.3 is 9.84 Å². The molecule has 0 fully saturated rings. The molecule has 1 heterocycles. The first-order valence-electron chi connectivity index (χ1n) is 6.46. The SMILES string of the molecule is COCc1cccc(C(O)Cc2c(Cl)c(C)nn2C)c1. The van der Waals surface area contributed by atoms with E-state index in [1.54, 1.807) is 11.8 Å². The van der Waals surface area contributed by atoms with E-state index in [-0.39, 0.29) is 0 Å². The van der Waals surface area contributed by atoms with E-state index in [0.717, 1.165) is 22.5 Å². The lowest BCUT2D eigenvalue weighted by Crippen LogP contribution is -2.07. The molecule has 0 amide bonds. The second-order valence-corrected chi connectivity index (χ2v) is 5.25. The number of hydrogen-bond acceptors (Lipinski definition) is 3. The van der Waals surface area contributed by atoms with E-state index < -0.39 is 6.10 Å². The standard InChI is InChI=1S/C15H19ClN2O2/c1-10-15(16)13(18(2)17-10)8-14(19)12-6-4-5-11(7-12)9-20-3/h4-7,14,19H,8-9H2,1-3H3. The Morgan fingerprint density at radius 3 is 2.80 bits per heavy atom. The summed E-state index contributed by atoms with van der Waals surface area (Å²) in [5.74, 6) is 0. The van der Waals surface area contributed by atoms with Crippen LogP contribution >= 0.6 is 11.6 Å². The van der Waals surface area contributed by atoms with Crippen molar-refractivity contribution in [1.82, 2.24) is 9.78 Å². The molecular weight excluding hydrogens is 276 g/mol. The third kappa shape index (κ3) is 3.20. The van der Waals surface area contributed by atoms with Crippen LogP contribution in [0.5, 0.6) is 0 Å². The van der Waals surface area contributed by atoms with Crippen molar-refractivity contribution in [1.29, 1.82) is 0 Å². The number of nitrogens with zero attached hydrogens (tertiary/aromatic N) is 2. The van der Waals surface area contributed by atoms with Gasteiger partial charge in [0.25, 0.3) is 0 Å². The number of aromatic nitrogens is 2. The molecule has 0 bridgehead atoms. The second kappa shape index (κ2) is 6.39. The van der Waals surface area contributed by atoms with Crippen molar-refractivity contribution >= 4 is 11.6 Å². The quantitative estimate of drug-likeness (QED) is 0.922. The van der Waals surface area contributed by atoms with Gasteiger partial charge in [-0.05, 0) is 18.1 Å². The van der Waals surface area contributed by atoms with Crippen LogP contribution in [0.4, 0.5) is 0 Å². The van der Waals surface area contributed by atoms with Crippen LogP contribution in [-0.4, -0.2) is 22.0 Å². The van der Waals surface area contributed by atoms with E-state index >= 15 is 0 Å². The number of aliphatic hydroxyl groups excluding tert-OH is 1. The molecule has 5 heteroatoms. The van der Waals surface area contributed by atoms with Gasteiger partial charge in [-0.1, -0.05) is 35.9 Å². The summed E-state index contributed by atoms with van der Waals surface area (Å²) < 4.78 is 6.83. The predicted molar refractivity (Wildman–Crippen MR) is 78.8 cm³/mol. The summed E-state index contributed by atoms with van der Waals surface area (Å²) >= 11 is 6.21. The normalized spacial score (nSPS) is 12.7. The lowest BCUT2D eigenvalue weighted by Gasteiger charge is -2.13. The molecule has 0 saturated carbocycles. The van der Waals surface area contributed by atoms with Crippen LogP contribution < -0.4 is 0 Å². The van der Waals surface area contributed by atoms with E-state index in [1.807, 2.05) is 38.2 Å². The Balaban J connectivity index is 2.19. The molecule has 2 aromatic rings. The van der Waals surface area contributed by atoms with Gasteiger partial charge in [-0.3, -0.25) is 4.68 Å². The Kier molecular flexibility index (Phi) is 4.81. The Bertz CT molecular complexity index is 596. The summed E-state index contributed by atoms with van der Waals surface area (Å²) in [6.45, 7) is 2.39. The van der Waals surface area contributed by atoms with E-state index in [0.29, 0.717) is 18.1 Å². The summed E-state index contributed by atoms with van der Waals surface area (Å²) in [4.78, 5) is 0. The smallest absolute Gasteiger partial charge is 0.0848 e. The third-order valence-electron chi connectivity index (χ3n) is 3.30. The molecule has 0 saturated heterocycles. The van der Waals surface area contributed by atoms with E-state index in [2.05, 4.69) is 5.10 Å². The minimum atomic E-state index is -0.612. The summed E-state index contributed by atoms with van der Waals surface area (Å²) in [7, 11) is 3.49. The number of ether oxygens (including phenoxy) is 1. The molecule has 1 aromatic carbocycles. The maximum absolute atomic E-state index is 10.4. The van der Waals surface area contributed by atoms with Crippen LogP contribution in [-0.2, 0) is 24.8 Å². The number of aryl methyl sites for hydroxylation is 2. The van der Waals surface area contributed by atoms with E-state index in [4.69, 9.17) is 16.3 Å². The van der Waals surface area contributed by atoms with Crippen LogP contribution in [0.15, 0.2) is 24.3 Å². The first-order chi connectivity index (χ1) is 9.52. The molecule has 20 heavy (non-hydrogen) atoms. The fourth-order valence-corrected chi connectivity index (χ4v) is 2.50. The maximum Gasteiger partial charge on any atom is 0.0848 e. The number of aliphatic hydroxyl groups is 1. The van der Waals surface area contributed by atoms with Crippen molar-refractivity contribution in [2.24, 2.45) is 7.05 Å². The fourth-order valence-electron chi connectivity index (χ4n) is 2.26. The Morgan fingerprint density at radius 1 is 1.45 bits per heavy atom. The summed E-state index contributed by atoms with van der Waals surface area (Å²) in [6.07, 6.45) is -0.175. The van der Waals surface area contributed by atoms with Gasteiger partial charge in [-0.2, -0.15) is 5.10 Å². The van der Waals surface area contributed by atoms with Gasteiger partial charge in [0.2, 0.25) is 0 Å². The van der Waals surface area contributed by atoms with Crippen LogP contribution in [0, 0.1) is 6.92 Å². The van der Waals surface area contributed by atoms with Gasteiger partial charge in [0, 0.05) is 20.6 Å². The number of methoxy groups -OCH3 is 1. The van der Waals surface area contributed by atoms with Gasteiger partial charge in [0.1, 0.15) is 0 Å². The molecule has 2 rings (SSSR count). The molecule has 1 atom stereocenters. The Labute approximate surface area is 123 Å². The lowest BCUT2D eigenvalue weighted by molar-refractivity contribution is 0.173. The largest absolute Gasteiger partial charge is 0.388 e. The number of benzene rings is 1. The van der Waals surface area contributed by atoms with Crippen LogP contribution in [0.3, 0.4) is 0 Å². The predicted octanol–water partition coefficient (Wildman–Crippen LogP) is 2.80. The molecule has 1 N–H and O–H groups in total. The molecule has 0 radical (unpaired) electrons. The molecular formula is C15H19ClN2O2. The first-order valence-corrected chi connectivity index (χ1v) is 6.84. The van der Waals surface area contributed by atoms with E-state index in [1.165, 1.54) is 0 Å². The van der Waals surface area contributed by atoms with Crippen molar-refractivity contribution in [3.63, 3.8) is 0 Å². The van der Waals surface area contributed by atoms with E-state index in [9.17, 15) is 5.11 Å². The monoisotopic (exact) mass is 294 g/mol. The first kappa shape index (κ1) is 15.0.